The molecular weight excluding hydrogens is 478 g/mol. The van der Waals surface area contributed by atoms with Crippen molar-refractivity contribution in [1.29, 1.82) is 0 Å². The highest BCUT2D eigenvalue weighted by Crippen LogP contribution is 2.62. The Hall–Kier alpha value is -1.81. The molecule has 8 bridgehead atoms. The zero-order chi connectivity index (χ0) is 25.7. The van der Waals surface area contributed by atoms with Crippen LogP contribution >= 0.6 is 0 Å². The summed E-state index contributed by atoms with van der Waals surface area (Å²) in [6, 6.07) is 0. The van der Waals surface area contributed by atoms with Crippen molar-refractivity contribution >= 4 is 17.9 Å². The van der Waals surface area contributed by atoms with Gasteiger partial charge < -0.3 is 24.4 Å². The zero-order valence-electron chi connectivity index (χ0n) is 20.5. The van der Waals surface area contributed by atoms with Gasteiger partial charge in [0.1, 0.15) is 11.7 Å². The van der Waals surface area contributed by atoms with Gasteiger partial charge in [-0.1, -0.05) is 0 Å². The van der Waals surface area contributed by atoms with Crippen LogP contribution in [0.5, 0.6) is 0 Å². The molecule has 8 fully saturated rings. The minimum atomic E-state index is -3.56. The van der Waals surface area contributed by atoms with E-state index in [-0.39, 0.29) is 36.5 Å². The number of hydrogen-bond donors (Lipinski definition) is 2. The normalized spacial score (nSPS) is 48.1. The van der Waals surface area contributed by atoms with Gasteiger partial charge in [0.05, 0.1) is 16.6 Å². The van der Waals surface area contributed by atoms with Crippen LogP contribution in [0.3, 0.4) is 0 Å². The second-order valence-electron chi connectivity index (χ2n) is 13.2. The SMILES string of the molecule is CC(F)(F)C(=O)OC1C2CC3CC1CC(C(=O)OCC(=O)OC14CC5CC(O)(CC(O)(C5)C1)C4)(C3)C2. The Bertz CT molecular complexity index is 957. The maximum absolute atomic E-state index is 13.4. The first kappa shape index (κ1) is 24.5. The molecule has 0 spiro atoms. The molecule has 8 aliphatic rings. The standard InChI is InChI=1S/C26H34F2O8/c1-22(27,28)20(30)35-19-16-2-14-3-17(19)9-23(4-14,8-16)21(31)34-10-18(29)36-26-7-15-5-24(32,12-26)11-25(33,6-15)13-26/h14-17,19,32-33H,2-13H2,1H3. The van der Waals surface area contributed by atoms with E-state index in [0.29, 0.717) is 51.9 Å². The Morgan fingerprint density at radius 1 is 0.889 bits per heavy atom. The molecule has 8 nitrogen and oxygen atoms in total. The molecule has 0 heterocycles. The maximum Gasteiger partial charge on any atom is 0.376 e. The number of rotatable bonds is 6. The van der Waals surface area contributed by atoms with E-state index in [0.717, 1.165) is 12.8 Å². The van der Waals surface area contributed by atoms with Crippen molar-refractivity contribution in [3.05, 3.63) is 0 Å². The maximum atomic E-state index is 13.4. The number of alkyl halides is 2. The van der Waals surface area contributed by atoms with Gasteiger partial charge >= 0.3 is 23.8 Å². The minimum Gasteiger partial charge on any atom is -0.457 e. The summed E-state index contributed by atoms with van der Waals surface area (Å²) in [4.78, 5) is 37.8. The van der Waals surface area contributed by atoms with Crippen LogP contribution in [-0.4, -0.2) is 63.6 Å². The fraction of sp³-hybridized carbons (Fsp3) is 0.885. The van der Waals surface area contributed by atoms with Crippen molar-refractivity contribution in [3.63, 3.8) is 0 Å². The van der Waals surface area contributed by atoms with E-state index >= 15 is 0 Å². The highest BCUT2D eigenvalue weighted by Gasteiger charge is 2.65. The number of halogens is 2. The molecule has 10 heteroatoms. The van der Waals surface area contributed by atoms with Gasteiger partial charge in [-0.15, -0.1) is 0 Å². The Kier molecular flexibility index (Phi) is 5.19. The van der Waals surface area contributed by atoms with Gasteiger partial charge in [-0.25, -0.2) is 9.59 Å². The molecule has 0 aliphatic heterocycles. The molecule has 0 aromatic carbocycles. The van der Waals surface area contributed by atoms with E-state index in [9.17, 15) is 33.4 Å². The van der Waals surface area contributed by atoms with Crippen molar-refractivity contribution in [2.45, 2.75) is 106 Å². The molecule has 4 atom stereocenters. The average Bonchev–Trinajstić information content (AvgIpc) is 2.70. The molecule has 200 valence electrons. The molecule has 8 aliphatic carbocycles. The van der Waals surface area contributed by atoms with Crippen LogP contribution in [0.4, 0.5) is 8.78 Å². The Balaban J connectivity index is 1.08. The second-order valence-corrected chi connectivity index (χ2v) is 13.2. The fourth-order valence-corrected chi connectivity index (χ4v) is 9.56. The van der Waals surface area contributed by atoms with E-state index < -0.39 is 58.8 Å². The summed E-state index contributed by atoms with van der Waals surface area (Å²) in [5, 5.41) is 21.7. The highest BCUT2D eigenvalue weighted by molar-refractivity contribution is 5.81. The van der Waals surface area contributed by atoms with Crippen LogP contribution < -0.4 is 0 Å². The van der Waals surface area contributed by atoms with Crippen LogP contribution in [0.25, 0.3) is 0 Å². The summed E-state index contributed by atoms with van der Waals surface area (Å²) < 4.78 is 43.3. The summed E-state index contributed by atoms with van der Waals surface area (Å²) in [5.74, 6) is -6.33. The topological polar surface area (TPSA) is 119 Å². The first-order valence-electron chi connectivity index (χ1n) is 13.1. The third kappa shape index (κ3) is 4.03. The summed E-state index contributed by atoms with van der Waals surface area (Å²) in [6.07, 6.45) is 4.83. The first-order chi connectivity index (χ1) is 16.7. The molecule has 4 unspecified atom stereocenters. The van der Waals surface area contributed by atoms with Gasteiger partial charge in [0.15, 0.2) is 6.61 Å². The monoisotopic (exact) mass is 512 g/mol. The molecule has 0 amide bonds. The van der Waals surface area contributed by atoms with Gasteiger partial charge in [-0.05, 0) is 75.0 Å². The number of esters is 3. The lowest BCUT2D eigenvalue weighted by Crippen LogP contribution is -2.67. The molecule has 8 rings (SSSR count). The lowest BCUT2D eigenvalue weighted by atomic mass is 9.48. The third-order valence-corrected chi connectivity index (χ3v) is 9.83. The predicted octanol–water partition coefficient (Wildman–Crippen LogP) is 2.66. The lowest BCUT2D eigenvalue weighted by molar-refractivity contribution is -0.262. The van der Waals surface area contributed by atoms with Gasteiger partial charge in [0, 0.05) is 26.2 Å². The largest absolute Gasteiger partial charge is 0.457 e. The molecule has 8 saturated carbocycles. The van der Waals surface area contributed by atoms with Crippen LogP contribution in [0.2, 0.25) is 0 Å². The summed E-state index contributed by atoms with van der Waals surface area (Å²) >= 11 is 0. The molecule has 0 saturated heterocycles. The van der Waals surface area contributed by atoms with E-state index in [2.05, 4.69) is 0 Å². The van der Waals surface area contributed by atoms with E-state index in [4.69, 9.17) is 14.2 Å². The van der Waals surface area contributed by atoms with Crippen LogP contribution in [0.1, 0.15) is 77.6 Å². The zero-order valence-corrected chi connectivity index (χ0v) is 20.5. The van der Waals surface area contributed by atoms with Crippen LogP contribution in [0, 0.1) is 29.1 Å². The van der Waals surface area contributed by atoms with Crippen molar-refractivity contribution in [2.75, 3.05) is 6.61 Å². The van der Waals surface area contributed by atoms with Crippen molar-refractivity contribution in [1.82, 2.24) is 0 Å². The number of aliphatic hydroxyl groups is 2. The number of hydrogen-bond acceptors (Lipinski definition) is 8. The average molecular weight is 513 g/mol. The quantitative estimate of drug-likeness (QED) is 0.412. The van der Waals surface area contributed by atoms with Gasteiger partial charge in [-0.2, -0.15) is 8.78 Å². The lowest BCUT2D eigenvalue weighted by Gasteiger charge is -2.62. The van der Waals surface area contributed by atoms with Crippen molar-refractivity contribution in [3.8, 4) is 0 Å². The Labute approximate surface area is 208 Å². The van der Waals surface area contributed by atoms with E-state index in [1.54, 1.807) is 0 Å². The fourth-order valence-electron chi connectivity index (χ4n) is 9.56. The van der Waals surface area contributed by atoms with Crippen molar-refractivity contribution in [2.24, 2.45) is 29.1 Å². The molecule has 36 heavy (non-hydrogen) atoms. The van der Waals surface area contributed by atoms with Crippen molar-refractivity contribution < 1.29 is 47.6 Å². The third-order valence-electron chi connectivity index (χ3n) is 9.83. The first-order valence-corrected chi connectivity index (χ1v) is 13.1. The highest BCUT2D eigenvalue weighted by atomic mass is 19.3. The number of carbonyl (C=O) groups is 3. The van der Waals surface area contributed by atoms with E-state index in [1.165, 1.54) is 0 Å². The molecular formula is C26H34F2O8. The van der Waals surface area contributed by atoms with Gasteiger partial charge in [0.2, 0.25) is 0 Å². The van der Waals surface area contributed by atoms with Gasteiger partial charge in [-0.3, -0.25) is 4.79 Å². The van der Waals surface area contributed by atoms with E-state index in [1.807, 2.05) is 0 Å². The van der Waals surface area contributed by atoms with Crippen LogP contribution in [-0.2, 0) is 28.6 Å². The minimum absolute atomic E-state index is 0.0910. The number of ether oxygens (including phenoxy) is 3. The Morgan fingerprint density at radius 2 is 1.50 bits per heavy atom. The second kappa shape index (κ2) is 7.62. The number of carbonyl (C=O) groups excluding carboxylic acids is 3. The molecule has 0 aromatic heterocycles. The summed E-state index contributed by atoms with van der Waals surface area (Å²) in [5.41, 5.74) is -3.82. The summed E-state index contributed by atoms with van der Waals surface area (Å²) in [7, 11) is 0. The van der Waals surface area contributed by atoms with Crippen LogP contribution in [0.15, 0.2) is 0 Å². The summed E-state index contributed by atoms with van der Waals surface area (Å²) in [6.45, 7) is -0.0299. The van der Waals surface area contributed by atoms with Gasteiger partial charge in [0.25, 0.3) is 0 Å². The molecule has 0 aromatic rings. The Morgan fingerprint density at radius 3 is 2.06 bits per heavy atom. The smallest absolute Gasteiger partial charge is 0.376 e. The predicted molar refractivity (Wildman–Crippen MR) is 117 cm³/mol. The molecule has 0 radical (unpaired) electrons. The molecule has 2 N–H and O–H groups in total.